The molecule has 100 valence electrons. The smallest absolute Gasteiger partial charge is 0.326 e. The van der Waals surface area contributed by atoms with E-state index in [1.165, 1.54) is 11.5 Å². The lowest BCUT2D eigenvalue weighted by Gasteiger charge is -2.19. The standard InChI is InChI=1S/C11H17N3O3S/c1-3-4-9-12-11(18-13-9)14-6-7(17-2)5-8(14)10(15)16/h7-8H,3-6H2,1-2H3,(H,15,16). The van der Waals surface area contributed by atoms with Crippen LogP contribution in [0.15, 0.2) is 0 Å². The number of carboxylic acids is 1. The number of methoxy groups -OCH3 is 1. The average Bonchev–Trinajstić information content (AvgIpc) is 2.94. The molecule has 1 aromatic heterocycles. The maximum atomic E-state index is 11.2. The number of rotatable bonds is 5. The first-order valence-electron chi connectivity index (χ1n) is 6.00. The lowest BCUT2D eigenvalue weighted by molar-refractivity contribution is -0.138. The maximum absolute atomic E-state index is 11.2. The molecule has 1 N–H and O–H groups in total. The number of anilines is 1. The number of hydrogen-bond acceptors (Lipinski definition) is 6. The Morgan fingerprint density at radius 2 is 2.44 bits per heavy atom. The van der Waals surface area contributed by atoms with Crippen molar-refractivity contribution in [1.29, 1.82) is 0 Å². The first-order chi connectivity index (χ1) is 8.65. The minimum absolute atomic E-state index is 0.0513. The van der Waals surface area contributed by atoms with Gasteiger partial charge in [-0.1, -0.05) is 6.92 Å². The van der Waals surface area contributed by atoms with E-state index in [-0.39, 0.29) is 6.10 Å². The molecule has 6 nitrogen and oxygen atoms in total. The summed E-state index contributed by atoms with van der Waals surface area (Å²) in [6, 6.07) is -0.558. The minimum atomic E-state index is -0.832. The second kappa shape index (κ2) is 5.62. The summed E-state index contributed by atoms with van der Waals surface area (Å²) in [4.78, 5) is 17.4. The van der Waals surface area contributed by atoms with E-state index >= 15 is 0 Å². The third-order valence-corrected chi connectivity index (χ3v) is 3.85. The Morgan fingerprint density at radius 1 is 1.67 bits per heavy atom. The molecule has 0 radical (unpaired) electrons. The molecule has 0 spiro atoms. The zero-order valence-electron chi connectivity index (χ0n) is 10.5. The summed E-state index contributed by atoms with van der Waals surface area (Å²) in [5.74, 6) is -0.0377. The van der Waals surface area contributed by atoms with Gasteiger partial charge in [0.2, 0.25) is 5.13 Å². The van der Waals surface area contributed by atoms with Crippen LogP contribution < -0.4 is 4.90 Å². The van der Waals surface area contributed by atoms with Crippen LogP contribution in [0.25, 0.3) is 0 Å². The van der Waals surface area contributed by atoms with Crippen LogP contribution in [0, 0.1) is 0 Å². The molecular formula is C11H17N3O3S. The summed E-state index contributed by atoms with van der Waals surface area (Å²) in [6.45, 7) is 2.63. The van der Waals surface area contributed by atoms with E-state index in [4.69, 9.17) is 4.74 Å². The van der Waals surface area contributed by atoms with Gasteiger partial charge in [0.25, 0.3) is 0 Å². The summed E-state index contributed by atoms with van der Waals surface area (Å²) in [5, 5.41) is 9.91. The summed E-state index contributed by atoms with van der Waals surface area (Å²) >= 11 is 1.27. The summed E-state index contributed by atoms with van der Waals surface area (Å²) < 4.78 is 9.50. The molecule has 1 aliphatic rings. The van der Waals surface area contributed by atoms with Gasteiger partial charge in [0.1, 0.15) is 11.9 Å². The number of nitrogens with zero attached hydrogens (tertiary/aromatic N) is 3. The van der Waals surface area contributed by atoms with Crippen LogP contribution in [0.3, 0.4) is 0 Å². The van der Waals surface area contributed by atoms with Crippen LogP contribution >= 0.6 is 11.5 Å². The van der Waals surface area contributed by atoms with Gasteiger partial charge in [0, 0.05) is 38.0 Å². The van der Waals surface area contributed by atoms with Crippen molar-refractivity contribution in [3.63, 3.8) is 0 Å². The van der Waals surface area contributed by atoms with Crippen LogP contribution in [0.2, 0.25) is 0 Å². The predicted molar refractivity (Wildman–Crippen MR) is 68.1 cm³/mol. The molecule has 0 bridgehead atoms. The largest absolute Gasteiger partial charge is 0.480 e. The maximum Gasteiger partial charge on any atom is 0.326 e. The molecule has 1 fully saturated rings. The lowest BCUT2D eigenvalue weighted by Crippen LogP contribution is -2.35. The van der Waals surface area contributed by atoms with Gasteiger partial charge in [0.15, 0.2) is 0 Å². The predicted octanol–water partition coefficient (Wildman–Crippen LogP) is 1.17. The van der Waals surface area contributed by atoms with Gasteiger partial charge in [-0.15, -0.1) is 0 Å². The highest BCUT2D eigenvalue weighted by molar-refractivity contribution is 7.09. The Hall–Kier alpha value is -1.21. The van der Waals surface area contributed by atoms with Gasteiger partial charge in [-0.25, -0.2) is 9.78 Å². The van der Waals surface area contributed by atoms with Crippen molar-refractivity contribution in [2.45, 2.75) is 38.3 Å². The van der Waals surface area contributed by atoms with Crippen LogP contribution in [0.1, 0.15) is 25.6 Å². The summed E-state index contributed by atoms with van der Waals surface area (Å²) in [6.07, 6.45) is 2.26. The molecule has 2 heterocycles. The van der Waals surface area contributed by atoms with Gasteiger partial charge < -0.3 is 14.7 Å². The van der Waals surface area contributed by atoms with Crippen LogP contribution in [-0.4, -0.2) is 46.2 Å². The summed E-state index contributed by atoms with van der Waals surface area (Å²) in [5.41, 5.74) is 0. The fraction of sp³-hybridized carbons (Fsp3) is 0.727. The number of aliphatic carboxylic acids is 1. The highest BCUT2D eigenvalue weighted by atomic mass is 32.1. The Morgan fingerprint density at radius 3 is 3.06 bits per heavy atom. The van der Waals surface area contributed by atoms with Crippen molar-refractivity contribution < 1.29 is 14.6 Å². The monoisotopic (exact) mass is 271 g/mol. The molecular weight excluding hydrogens is 254 g/mol. The van der Waals surface area contributed by atoms with E-state index < -0.39 is 12.0 Å². The number of aryl methyl sites for hydroxylation is 1. The van der Waals surface area contributed by atoms with Crippen LogP contribution in [0.4, 0.5) is 5.13 Å². The average molecular weight is 271 g/mol. The topological polar surface area (TPSA) is 75.6 Å². The molecule has 0 aliphatic carbocycles. The zero-order chi connectivity index (χ0) is 13.1. The van der Waals surface area contributed by atoms with Gasteiger partial charge in [0.05, 0.1) is 6.10 Å². The number of carbonyl (C=O) groups is 1. The Balaban J connectivity index is 2.16. The van der Waals surface area contributed by atoms with E-state index in [9.17, 15) is 9.90 Å². The van der Waals surface area contributed by atoms with E-state index in [1.807, 2.05) is 0 Å². The van der Waals surface area contributed by atoms with E-state index in [1.54, 1.807) is 12.0 Å². The third-order valence-electron chi connectivity index (χ3n) is 3.06. The van der Waals surface area contributed by atoms with E-state index in [0.717, 1.165) is 18.7 Å². The van der Waals surface area contributed by atoms with Crippen molar-refractivity contribution in [2.75, 3.05) is 18.6 Å². The number of carboxylic acid groups (broad SMARTS) is 1. The van der Waals surface area contributed by atoms with Crippen molar-refractivity contribution in [3.05, 3.63) is 5.82 Å². The quantitative estimate of drug-likeness (QED) is 0.866. The molecule has 0 aromatic carbocycles. The molecule has 2 atom stereocenters. The molecule has 1 aromatic rings. The third kappa shape index (κ3) is 2.62. The molecule has 7 heteroatoms. The van der Waals surface area contributed by atoms with Crippen molar-refractivity contribution in [2.24, 2.45) is 0 Å². The van der Waals surface area contributed by atoms with Gasteiger partial charge in [-0.3, -0.25) is 0 Å². The second-order valence-corrected chi connectivity index (χ2v) is 5.07. The fourth-order valence-corrected chi connectivity index (χ4v) is 2.87. The summed E-state index contributed by atoms with van der Waals surface area (Å²) in [7, 11) is 1.61. The van der Waals surface area contributed by atoms with Crippen molar-refractivity contribution in [3.8, 4) is 0 Å². The first-order valence-corrected chi connectivity index (χ1v) is 6.77. The Labute approximate surface area is 110 Å². The highest BCUT2D eigenvalue weighted by Gasteiger charge is 2.38. The van der Waals surface area contributed by atoms with Crippen molar-refractivity contribution >= 4 is 22.6 Å². The molecule has 2 rings (SSSR count). The lowest BCUT2D eigenvalue weighted by atomic mass is 10.2. The first kappa shape index (κ1) is 13.2. The molecule has 0 saturated carbocycles. The molecule has 0 amide bonds. The van der Waals surface area contributed by atoms with Crippen molar-refractivity contribution in [1.82, 2.24) is 9.36 Å². The number of aromatic nitrogens is 2. The molecule has 18 heavy (non-hydrogen) atoms. The Kier molecular flexibility index (Phi) is 4.13. The van der Waals surface area contributed by atoms with Crippen LogP contribution in [0.5, 0.6) is 0 Å². The SMILES string of the molecule is CCCc1nsc(N2CC(OC)CC2C(=O)O)n1. The normalized spacial score (nSPS) is 23.6. The number of ether oxygens (including phenoxy) is 1. The van der Waals surface area contributed by atoms with Gasteiger partial charge in [-0.2, -0.15) is 4.37 Å². The molecule has 2 unspecified atom stereocenters. The molecule has 1 aliphatic heterocycles. The zero-order valence-corrected chi connectivity index (χ0v) is 11.3. The number of hydrogen-bond donors (Lipinski definition) is 1. The van der Waals surface area contributed by atoms with Gasteiger partial charge >= 0.3 is 5.97 Å². The van der Waals surface area contributed by atoms with Gasteiger partial charge in [-0.05, 0) is 6.42 Å². The molecule has 1 saturated heterocycles. The van der Waals surface area contributed by atoms with Crippen LogP contribution in [-0.2, 0) is 16.0 Å². The van der Waals surface area contributed by atoms with E-state index in [0.29, 0.717) is 18.1 Å². The Bertz CT molecular complexity index is 423. The minimum Gasteiger partial charge on any atom is -0.480 e. The fourth-order valence-electron chi connectivity index (χ4n) is 2.10. The van der Waals surface area contributed by atoms with E-state index in [2.05, 4.69) is 16.3 Å². The second-order valence-electron chi connectivity index (χ2n) is 4.34. The highest BCUT2D eigenvalue weighted by Crippen LogP contribution is 2.28.